The van der Waals surface area contributed by atoms with E-state index in [0.717, 1.165) is 30.6 Å². The SMILES string of the molecule is Cc1cccc2c1N(C(=O)Cn1cc(CN)nn1)CCC2. The molecule has 1 aliphatic rings. The summed E-state index contributed by atoms with van der Waals surface area (Å²) in [5, 5.41) is 7.85. The van der Waals surface area contributed by atoms with Gasteiger partial charge in [-0.25, -0.2) is 4.68 Å². The van der Waals surface area contributed by atoms with Gasteiger partial charge in [-0.15, -0.1) is 5.10 Å². The van der Waals surface area contributed by atoms with E-state index in [-0.39, 0.29) is 12.5 Å². The zero-order valence-electron chi connectivity index (χ0n) is 12.1. The summed E-state index contributed by atoms with van der Waals surface area (Å²) in [4.78, 5) is 14.5. The first-order valence-corrected chi connectivity index (χ1v) is 7.17. The van der Waals surface area contributed by atoms with Crippen LogP contribution in [-0.4, -0.2) is 27.4 Å². The van der Waals surface area contributed by atoms with Gasteiger partial charge in [0.2, 0.25) is 5.91 Å². The summed E-state index contributed by atoms with van der Waals surface area (Å²) in [6.07, 6.45) is 3.75. The quantitative estimate of drug-likeness (QED) is 0.913. The number of para-hydroxylation sites is 1. The average Bonchev–Trinajstić information content (AvgIpc) is 2.94. The highest BCUT2D eigenvalue weighted by atomic mass is 16.2. The molecule has 0 saturated carbocycles. The van der Waals surface area contributed by atoms with Gasteiger partial charge in [-0.2, -0.15) is 0 Å². The van der Waals surface area contributed by atoms with Crippen LogP contribution in [0, 0.1) is 6.92 Å². The molecule has 0 aliphatic carbocycles. The zero-order chi connectivity index (χ0) is 14.8. The lowest BCUT2D eigenvalue weighted by molar-refractivity contribution is -0.119. The van der Waals surface area contributed by atoms with Crippen LogP contribution in [0.4, 0.5) is 5.69 Å². The Kier molecular flexibility index (Phi) is 3.70. The number of fused-ring (bicyclic) bond motifs is 1. The van der Waals surface area contributed by atoms with Crippen molar-refractivity contribution in [2.45, 2.75) is 32.9 Å². The van der Waals surface area contributed by atoms with Crippen LogP contribution in [0.15, 0.2) is 24.4 Å². The molecule has 0 unspecified atom stereocenters. The van der Waals surface area contributed by atoms with Gasteiger partial charge >= 0.3 is 0 Å². The highest BCUT2D eigenvalue weighted by molar-refractivity contribution is 5.95. The van der Waals surface area contributed by atoms with Gasteiger partial charge in [0, 0.05) is 18.8 Å². The van der Waals surface area contributed by atoms with Crippen LogP contribution in [0.3, 0.4) is 0 Å². The molecule has 0 radical (unpaired) electrons. The minimum absolute atomic E-state index is 0.0405. The normalized spacial score (nSPS) is 14.1. The van der Waals surface area contributed by atoms with E-state index in [4.69, 9.17) is 5.73 Å². The van der Waals surface area contributed by atoms with Gasteiger partial charge in [-0.05, 0) is 30.9 Å². The molecular formula is C15H19N5O. The first kappa shape index (κ1) is 13.8. The van der Waals surface area contributed by atoms with Gasteiger partial charge < -0.3 is 10.6 Å². The molecule has 110 valence electrons. The molecule has 1 aromatic heterocycles. The van der Waals surface area contributed by atoms with E-state index in [9.17, 15) is 4.79 Å². The van der Waals surface area contributed by atoms with E-state index < -0.39 is 0 Å². The molecule has 2 heterocycles. The van der Waals surface area contributed by atoms with E-state index >= 15 is 0 Å². The lowest BCUT2D eigenvalue weighted by Gasteiger charge is -2.31. The highest BCUT2D eigenvalue weighted by Gasteiger charge is 2.24. The Morgan fingerprint density at radius 2 is 2.29 bits per heavy atom. The fourth-order valence-corrected chi connectivity index (χ4v) is 2.83. The summed E-state index contributed by atoms with van der Waals surface area (Å²) in [5.74, 6) is 0.0405. The summed E-state index contributed by atoms with van der Waals surface area (Å²) >= 11 is 0. The number of hydrogen-bond donors (Lipinski definition) is 1. The molecule has 0 bridgehead atoms. The van der Waals surface area contributed by atoms with Crippen molar-refractivity contribution >= 4 is 11.6 Å². The number of benzene rings is 1. The Labute approximate surface area is 123 Å². The van der Waals surface area contributed by atoms with Gasteiger partial charge in [-0.1, -0.05) is 23.4 Å². The maximum Gasteiger partial charge on any atom is 0.248 e. The van der Waals surface area contributed by atoms with Crippen molar-refractivity contribution in [2.24, 2.45) is 5.73 Å². The minimum Gasteiger partial charge on any atom is -0.325 e. The summed E-state index contributed by atoms with van der Waals surface area (Å²) in [6, 6.07) is 6.20. The lowest BCUT2D eigenvalue weighted by Crippen LogP contribution is -2.38. The standard InChI is InChI=1S/C15H19N5O/c1-11-4-2-5-12-6-3-7-20(15(11)12)14(21)10-19-9-13(8-16)17-18-19/h2,4-5,9H,3,6-8,10,16H2,1H3. The summed E-state index contributed by atoms with van der Waals surface area (Å²) in [5.41, 5.74) is 9.65. The smallest absolute Gasteiger partial charge is 0.248 e. The second-order valence-electron chi connectivity index (χ2n) is 5.34. The van der Waals surface area contributed by atoms with Crippen molar-refractivity contribution in [2.75, 3.05) is 11.4 Å². The fourth-order valence-electron chi connectivity index (χ4n) is 2.83. The van der Waals surface area contributed by atoms with Crippen molar-refractivity contribution < 1.29 is 4.79 Å². The third-order valence-corrected chi connectivity index (χ3v) is 3.81. The van der Waals surface area contributed by atoms with Gasteiger partial charge in [0.15, 0.2) is 0 Å². The number of anilines is 1. The van der Waals surface area contributed by atoms with E-state index in [1.54, 1.807) is 10.9 Å². The average molecular weight is 285 g/mol. The molecule has 2 aromatic rings. The van der Waals surface area contributed by atoms with Crippen molar-refractivity contribution in [1.82, 2.24) is 15.0 Å². The Balaban J connectivity index is 1.83. The van der Waals surface area contributed by atoms with Crippen LogP contribution < -0.4 is 10.6 Å². The zero-order valence-corrected chi connectivity index (χ0v) is 12.1. The largest absolute Gasteiger partial charge is 0.325 e. The summed E-state index contributed by atoms with van der Waals surface area (Å²) in [7, 11) is 0. The molecule has 1 aliphatic heterocycles. The minimum atomic E-state index is 0.0405. The lowest BCUT2D eigenvalue weighted by atomic mass is 9.98. The summed E-state index contributed by atoms with van der Waals surface area (Å²) < 4.78 is 1.55. The van der Waals surface area contributed by atoms with Crippen molar-refractivity contribution in [3.8, 4) is 0 Å². The molecule has 1 amide bonds. The number of nitrogens with two attached hydrogens (primary N) is 1. The Morgan fingerprint density at radius 1 is 1.43 bits per heavy atom. The number of hydrogen-bond acceptors (Lipinski definition) is 4. The van der Waals surface area contributed by atoms with E-state index in [1.165, 1.54) is 5.56 Å². The van der Waals surface area contributed by atoms with Crippen LogP contribution in [0.25, 0.3) is 0 Å². The topological polar surface area (TPSA) is 77.0 Å². The Hall–Kier alpha value is -2.21. The molecule has 6 nitrogen and oxygen atoms in total. The Morgan fingerprint density at radius 3 is 3.05 bits per heavy atom. The number of aromatic nitrogens is 3. The predicted molar refractivity (Wildman–Crippen MR) is 79.8 cm³/mol. The van der Waals surface area contributed by atoms with E-state index in [0.29, 0.717) is 12.2 Å². The van der Waals surface area contributed by atoms with Crippen LogP contribution in [0.2, 0.25) is 0 Å². The van der Waals surface area contributed by atoms with E-state index in [2.05, 4.69) is 16.4 Å². The first-order valence-electron chi connectivity index (χ1n) is 7.17. The molecule has 6 heteroatoms. The molecule has 0 saturated heterocycles. The van der Waals surface area contributed by atoms with Crippen LogP contribution in [0.1, 0.15) is 23.2 Å². The molecule has 0 spiro atoms. The third kappa shape index (κ3) is 2.67. The first-order chi connectivity index (χ1) is 10.2. The van der Waals surface area contributed by atoms with Gasteiger partial charge in [0.1, 0.15) is 6.54 Å². The highest BCUT2D eigenvalue weighted by Crippen LogP contribution is 2.30. The number of rotatable bonds is 3. The van der Waals surface area contributed by atoms with Crippen LogP contribution in [0.5, 0.6) is 0 Å². The number of carbonyl (C=O) groups excluding carboxylic acids is 1. The number of carbonyl (C=O) groups is 1. The number of nitrogens with zero attached hydrogens (tertiary/aromatic N) is 4. The maximum atomic E-state index is 12.6. The van der Waals surface area contributed by atoms with Crippen LogP contribution in [-0.2, 0) is 24.3 Å². The molecule has 1 aromatic carbocycles. The van der Waals surface area contributed by atoms with Crippen LogP contribution >= 0.6 is 0 Å². The Bertz CT molecular complexity index is 664. The second-order valence-corrected chi connectivity index (χ2v) is 5.34. The molecule has 2 N–H and O–H groups in total. The van der Waals surface area contributed by atoms with Gasteiger partial charge in [-0.3, -0.25) is 4.79 Å². The molecule has 0 atom stereocenters. The second kappa shape index (κ2) is 5.65. The fraction of sp³-hybridized carbons (Fsp3) is 0.400. The molecule has 21 heavy (non-hydrogen) atoms. The van der Waals surface area contributed by atoms with Gasteiger partial charge in [0.05, 0.1) is 11.9 Å². The maximum absolute atomic E-state index is 12.6. The number of aryl methyl sites for hydroxylation is 2. The molecule has 0 fully saturated rings. The van der Waals surface area contributed by atoms with E-state index in [1.807, 2.05) is 24.0 Å². The van der Waals surface area contributed by atoms with Crippen molar-refractivity contribution in [1.29, 1.82) is 0 Å². The monoisotopic (exact) mass is 285 g/mol. The number of amides is 1. The molecule has 3 rings (SSSR count). The third-order valence-electron chi connectivity index (χ3n) is 3.81. The molecular weight excluding hydrogens is 266 g/mol. The van der Waals surface area contributed by atoms with Gasteiger partial charge in [0.25, 0.3) is 0 Å². The summed E-state index contributed by atoms with van der Waals surface area (Å²) in [6.45, 7) is 3.34. The predicted octanol–water partition coefficient (Wildman–Crippen LogP) is 1.02. The van der Waals surface area contributed by atoms with Crippen molar-refractivity contribution in [3.05, 3.63) is 41.2 Å². The van der Waals surface area contributed by atoms with Crippen molar-refractivity contribution in [3.63, 3.8) is 0 Å².